The molecule has 1 aromatic rings. The fraction of sp³-hybridized carbons (Fsp3) is 0.571. The summed E-state index contributed by atoms with van der Waals surface area (Å²) in [6, 6.07) is 8.78. The average molecular weight is 218 g/mol. The molecule has 0 unspecified atom stereocenters. The van der Waals surface area contributed by atoms with Crippen molar-refractivity contribution in [2.45, 2.75) is 25.8 Å². The summed E-state index contributed by atoms with van der Waals surface area (Å²) in [5.74, 6) is 0.945. The van der Waals surface area contributed by atoms with Crippen LogP contribution in [0.2, 0.25) is 0 Å². The molecular formula is C14H22N2. The van der Waals surface area contributed by atoms with Gasteiger partial charge in [0.25, 0.3) is 0 Å². The van der Waals surface area contributed by atoms with Crippen molar-refractivity contribution in [3.8, 4) is 0 Å². The maximum Gasteiger partial charge on any atom is 0.0361 e. The Kier molecular flexibility index (Phi) is 3.83. The predicted octanol–water partition coefficient (Wildman–Crippen LogP) is 2.64. The Labute approximate surface area is 98.7 Å². The third-order valence-electron chi connectivity index (χ3n) is 3.44. The van der Waals surface area contributed by atoms with Crippen LogP contribution in [0.15, 0.2) is 24.3 Å². The zero-order valence-electron chi connectivity index (χ0n) is 10.4. The molecule has 1 N–H and O–H groups in total. The first-order chi connectivity index (χ1) is 7.75. The Hall–Kier alpha value is -1.02. The van der Waals surface area contributed by atoms with E-state index in [1.165, 1.54) is 37.1 Å². The minimum absolute atomic E-state index is 0.945. The highest BCUT2D eigenvalue weighted by Gasteiger charge is 2.16. The number of anilines is 1. The molecule has 1 saturated carbocycles. The van der Waals surface area contributed by atoms with Crippen molar-refractivity contribution in [2.75, 3.05) is 25.5 Å². The van der Waals surface area contributed by atoms with Crippen LogP contribution in [0.3, 0.4) is 0 Å². The molecule has 0 atom stereocenters. The highest BCUT2D eigenvalue weighted by atomic mass is 15.1. The van der Waals surface area contributed by atoms with Crippen molar-refractivity contribution in [1.82, 2.24) is 5.32 Å². The third-order valence-corrected chi connectivity index (χ3v) is 3.44. The monoisotopic (exact) mass is 218 g/mol. The van der Waals surface area contributed by atoms with Crippen LogP contribution in [-0.4, -0.2) is 20.6 Å². The van der Waals surface area contributed by atoms with Crippen LogP contribution >= 0.6 is 0 Å². The molecule has 2 nitrogen and oxygen atoms in total. The number of hydrogen-bond donors (Lipinski definition) is 1. The minimum atomic E-state index is 0.945. The smallest absolute Gasteiger partial charge is 0.0361 e. The molecule has 16 heavy (non-hydrogen) atoms. The van der Waals surface area contributed by atoms with Gasteiger partial charge in [-0.3, -0.25) is 0 Å². The zero-order valence-corrected chi connectivity index (χ0v) is 10.4. The van der Waals surface area contributed by atoms with E-state index in [0.29, 0.717) is 0 Å². The number of nitrogens with zero attached hydrogens (tertiary/aromatic N) is 1. The molecule has 1 fully saturated rings. The number of benzene rings is 1. The van der Waals surface area contributed by atoms with Crippen LogP contribution in [0.4, 0.5) is 5.69 Å². The molecule has 1 aliphatic rings. The second-order valence-electron chi connectivity index (χ2n) is 4.99. The zero-order chi connectivity index (χ0) is 11.4. The van der Waals surface area contributed by atoms with Crippen molar-refractivity contribution in [3.63, 3.8) is 0 Å². The van der Waals surface area contributed by atoms with Gasteiger partial charge >= 0.3 is 0 Å². The Morgan fingerprint density at radius 3 is 2.38 bits per heavy atom. The fourth-order valence-corrected chi connectivity index (χ4v) is 2.03. The van der Waals surface area contributed by atoms with Gasteiger partial charge in [-0.1, -0.05) is 18.6 Å². The topological polar surface area (TPSA) is 15.3 Å². The van der Waals surface area contributed by atoms with Crippen LogP contribution < -0.4 is 10.2 Å². The summed E-state index contributed by atoms with van der Waals surface area (Å²) in [4.78, 5) is 2.13. The molecule has 2 rings (SSSR count). The predicted molar refractivity (Wildman–Crippen MR) is 69.8 cm³/mol. The van der Waals surface area contributed by atoms with Gasteiger partial charge in [-0.25, -0.2) is 0 Å². The van der Waals surface area contributed by atoms with E-state index in [9.17, 15) is 0 Å². The molecule has 0 aromatic heterocycles. The van der Waals surface area contributed by atoms with Gasteiger partial charge in [0.2, 0.25) is 0 Å². The van der Waals surface area contributed by atoms with Crippen LogP contribution in [-0.2, 0) is 6.54 Å². The first-order valence-corrected chi connectivity index (χ1v) is 6.22. The lowest BCUT2D eigenvalue weighted by Gasteiger charge is -2.25. The maximum atomic E-state index is 3.54. The van der Waals surface area contributed by atoms with Gasteiger partial charge in [0.05, 0.1) is 0 Å². The highest BCUT2D eigenvalue weighted by Crippen LogP contribution is 2.25. The summed E-state index contributed by atoms with van der Waals surface area (Å²) in [7, 11) is 4.15. The van der Waals surface area contributed by atoms with Crippen molar-refractivity contribution in [1.29, 1.82) is 0 Å². The van der Waals surface area contributed by atoms with Crippen molar-refractivity contribution in [3.05, 3.63) is 29.8 Å². The summed E-state index contributed by atoms with van der Waals surface area (Å²) in [5, 5.41) is 3.54. The van der Waals surface area contributed by atoms with Gasteiger partial charge in [-0.2, -0.15) is 0 Å². The summed E-state index contributed by atoms with van der Waals surface area (Å²) in [5.41, 5.74) is 2.65. The minimum Gasteiger partial charge on any atom is -0.378 e. The Bertz CT molecular complexity index is 312. The second kappa shape index (κ2) is 5.35. The van der Waals surface area contributed by atoms with Gasteiger partial charge < -0.3 is 10.2 Å². The molecule has 0 heterocycles. The first kappa shape index (κ1) is 11.5. The van der Waals surface area contributed by atoms with E-state index < -0.39 is 0 Å². The summed E-state index contributed by atoms with van der Waals surface area (Å²) in [6.07, 6.45) is 4.28. The highest BCUT2D eigenvalue weighted by molar-refractivity contribution is 5.45. The standard InChI is InChI=1S/C14H22N2/c1-16(2)14-8-6-13(7-9-14)11-15-10-12-4-3-5-12/h6-9,12,15H,3-5,10-11H2,1-2H3. The summed E-state index contributed by atoms with van der Waals surface area (Å²) < 4.78 is 0. The fourth-order valence-electron chi connectivity index (χ4n) is 2.03. The van der Waals surface area contributed by atoms with E-state index in [-0.39, 0.29) is 0 Å². The van der Waals surface area contributed by atoms with E-state index >= 15 is 0 Å². The Morgan fingerprint density at radius 2 is 1.88 bits per heavy atom. The third kappa shape index (κ3) is 2.99. The Balaban J connectivity index is 1.75. The SMILES string of the molecule is CN(C)c1ccc(CNCC2CCC2)cc1. The van der Waals surface area contributed by atoms with Crippen LogP contribution in [0.25, 0.3) is 0 Å². The van der Waals surface area contributed by atoms with Crippen molar-refractivity contribution >= 4 is 5.69 Å². The second-order valence-corrected chi connectivity index (χ2v) is 4.99. The molecule has 0 saturated heterocycles. The normalized spacial score (nSPS) is 15.9. The van der Waals surface area contributed by atoms with Crippen LogP contribution in [0, 0.1) is 5.92 Å². The molecule has 0 spiro atoms. The number of hydrogen-bond acceptors (Lipinski definition) is 2. The van der Waals surface area contributed by atoms with Crippen LogP contribution in [0.1, 0.15) is 24.8 Å². The van der Waals surface area contributed by atoms with Gasteiger partial charge in [0.1, 0.15) is 0 Å². The molecule has 0 aliphatic heterocycles. The molecule has 1 aromatic carbocycles. The number of nitrogens with one attached hydrogen (secondary N) is 1. The van der Waals surface area contributed by atoms with E-state index in [2.05, 4.69) is 48.6 Å². The van der Waals surface area contributed by atoms with Gasteiger partial charge in [0.15, 0.2) is 0 Å². The summed E-state index contributed by atoms with van der Waals surface area (Å²) in [6.45, 7) is 2.19. The summed E-state index contributed by atoms with van der Waals surface area (Å²) >= 11 is 0. The van der Waals surface area contributed by atoms with Gasteiger partial charge in [-0.05, 0) is 43.0 Å². The van der Waals surface area contributed by atoms with E-state index in [0.717, 1.165) is 12.5 Å². The van der Waals surface area contributed by atoms with Crippen molar-refractivity contribution < 1.29 is 0 Å². The van der Waals surface area contributed by atoms with Crippen molar-refractivity contribution in [2.24, 2.45) is 5.92 Å². The lowest BCUT2D eigenvalue weighted by atomic mass is 9.85. The quantitative estimate of drug-likeness (QED) is 0.817. The largest absolute Gasteiger partial charge is 0.378 e. The molecule has 1 aliphatic carbocycles. The molecule has 2 heteroatoms. The molecule has 0 bridgehead atoms. The van der Waals surface area contributed by atoms with E-state index in [1.54, 1.807) is 0 Å². The Morgan fingerprint density at radius 1 is 1.19 bits per heavy atom. The molecular weight excluding hydrogens is 196 g/mol. The van der Waals surface area contributed by atoms with Gasteiger partial charge in [-0.15, -0.1) is 0 Å². The molecule has 0 radical (unpaired) electrons. The van der Waals surface area contributed by atoms with Crippen LogP contribution in [0.5, 0.6) is 0 Å². The first-order valence-electron chi connectivity index (χ1n) is 6.22. The maximum absolute atomic E-state index is 3.54. The molecule has 0 amide bonds. The number of rotatable bonds is 5. The van der Waals surface area contributed by atoms with E-state index in [1.807, 2.05) is 0 Å². The average Bonchev–Trinajstić information content (AvgIpc) is 2.22. The molecule has 88 valence electrons. The van der Waals surface area contributed by atoms with Gasteiger partial charge in [0, 0.05) is 26.3 Å². The lowest BCUT2D eigenvalue weighted by molar-refractivity contribution is 0.301. The lowest BCUT2D eigenvalue weighted by Crippen LogP contribution is -2.26. The van der Waals surface area contributed by atoms with E-state index in [4.69, 9.17) is 0 Å².